The first kappa shape index (κ1) is 10.6. The molecule has 0 radical (unpaired) electrons. The molecule has 0 fully saturated rings. The lowest BCUT2D eigenvalue weighted by molar-refractivity contribution is -0.289. The molecular formula is C10H7ClIN2O+. The molecule has 15 heavy (non-hydrogen) atoms. The highest BCUT2D eigenvalue weighted by Gasteiger charge is 2.15. The Morgan fingerprint density at radius 3 is 2.87 bits per heavy atom. The maximum atomic E-state index is 10.8. The Bertz CT molecular complexity index is 510. The lowest BCUT2D eigenvalue weighted by atomic mass is 10.4. The number of rotatable bonds is 2. The highest BCUT2D eigenvalue weighted by Crippen LogP contribution is 2.19. The second kappa shape index (κ2) is 4.32. The van der Waals surface area contributed by atoms with Crippen molar-refractivity contribution in [3.63, 3.8) is 0 Å². The van der Waals surface area contributed by atoms with Gasteiger partial charge in [-0.2, -0.15) is 0 Å². The normalized spacial score (nSPS) is 10.3. The van der Waals surface area contributed by atoms with E-state index in [0.717, 1.165) is 9.99 Å². The molecule has 0 saturated heterocycles. The third-order valence-electron chi connectivity index (χ3n) is 1.95. The molecule has 0 aliphatic rings. The fourth-order valence-electron chi connectivity index (χ4n) is 1.29. The second-order valence-corrected chi connectivity index (χ2v) is 4.40. The quantitative estimate of drug-likeness (QED) is 0.622. The van der Waals surface area contributed by atoms with E-state index in [-0.39, 0.29) is 0 Å². The van der Waals surface area contributed by atoms with E-state index < -0.39 is 0 Å². The van der Waals surface area contributed by atoms with Crippen LogP contribution < -0.4 is 0 Å². The average Bonchev–Trinajstić information content (AvgIpc) is 2.60. The number of aldehydes is 1. The zero-order valence-corrected chi connectivity index (χ0v) is 10.5. The van der Waals surface area contributed by atoms with Crippen molar-refractivity contribution in [1.29, 1.82) is 0 Å². The summed E-state index contributed by atoms with van der Waals surface area (Å²) < 4.78 is 2.66. The van der Waals surface area contributed by atoms with E-state index in [4.69, 9.17) is 11.6 Å². The lowest BCUT2D eigenvalue weighted by Crippen LogP contribution is -2.04. The van der Waals surface area contributed by atoms with Crippen LogP contribution in [0.5, 0.6) is 0 Å². The Hall–Kier alpha value is -0.880. The van der Waals surface area contributed by atoms with Crippen molar-refractivity contribution in [3.8, 4) is 5.82 Å². The molecule has 2 aromatic rings. The molecule has 2 rings (SSSR count). The summed E-state index contributed by atoms with van der Waals surface area (Å²) in [5, 5.41) is 0.634. The minimum absolute atomic E-state index is 0.559. The molecule has 0 spiro atoms. The number of halogens is 2. The van der Waals surface area contributed by atoms with Gasteiger partial charge in [-0.3, -0.25) is 9.36 Å². The zero-order chi connectivity index (χ0) is 10.8. The maximum absolute atomic E-state index is 10.8. The summed E-state index contributed by atoms with van der Waals surface area (Å²) in [4.78, 5) is 15.0. The second-order valence-electron chi connectivity index (χ2n) is 2.86. The first-order chi connectivity index (χ1) is 7.24. The minimum atomic E-state index is 0.559. The fraction of sp³-hybridized carbons (Fsp3) is 0. The van der Waals surface area contributed by atoms with E-state index in [1.807, 2.05) is 6.07 Å². The highest BCUT2D eigenvalue weighted by atomic mass is 127. The van der Waals surface area contributed by atoms with Gasteiger partial charge < -0.3 is 0 Å². The maximum Gasteiger partial charge on any atom is 0.268 e. The molecule has 76 valence electrons. The fourth-order valence-corrected chi connectivity index (χ4v) is 2.20. The van der Waals surface area contributed by atoms with Gasteiger partial charge in [0.05, 0.1) is 9.39 Å². The largest absolute Gasteiger partial charge is 0.296 e. The van der Waals surface area contributed by atoms with Gasteiger partial charge in [-0.1, -0.05) is 0 Å². The van der Waals surface area contributed by atoms with E-state index in [1.54, 1.807) is 29.0 Å². The first-order valence-corrected chi connectivity index (χ1v) is 5.67. The molecule has 0 amide bonds. The summed E-state index contributed by atoms with van der Waals surface area (Å²) in [5.74, 6) is 0.629. The van der Waals surface area contributed by atoms with Gasteiger partial charge in [0.1, 0.15) is 0 Å². The summed E-state index contributed by atoms with van der Waals surface area (Å²) >= 11 is 7.31. The molecule has 0 N–H and O–H groups in total. The predicted molar refractivity (Wildman–Crippen MR) is 62.2 cm³/mol. The molecule has 0 atom stereocenters. The number of aromatic nitrogens is 2. The molecular weight excluding hydrogens is 326 g/mol. The van der Waals surface area contributed by atoms with Gasteiger partial charge in [0.25, 0.3) is 5.02 Å². The number of hydrogen-bond donors (Lipinski definition) is 0. The van der Waals surface area contributed by atoms with Crippen molar-refractivity contribution >= 4 is 28.9 Å². The van der Waals surface area contributed by atoms with Crippen LogP contribution in [0.4, 0.5) is 0 Å². The SMILES string of the molecule is O=Cc1ccc(I)n1-c1ncccc1[ClH+]. The lowest BCUT2D eigenvalue weighted by Gasteiger charge is -2.04. The molecule has 2 heterocycles. The summed E-state index contributed by atoms with van der Waals surface area (Å²) in [6.45, 7) is 0. The van der Waals surface area contributed by atoms with Crippen LogP contribution in [0.2, 0.25) is 5.02 Å². The summed E-state index contributed by atoms with van der Waals surface area (Å²) in [6.07, 6.45) is 2.46. The van der Waals surface area contributed by atoms with Crippen molar-refractivity contribution in [1.82, 2.24) is 9.55 Å². The van der Waals surface area contributed by atoms with Gasteiger partial charge in [0.15, 0.2) is 17.9 Å². The number of carbonyl (C=O) groups is 1. The third kappa shape index (κ3) is 1.91. The summed E-state index contributed by atoms with van der Waals surface area (Å²) in [5.41, 5.74) is 0.559. The molecule has 0 bridgehead atoms. The van der Waals surface area contributed by atoms with Crippen molar-refractivity contribution in [3.05, 3.63) is 44.9 Å². The topological polar surface area (TPSA) is 34.9 Å². The van der Waals surface area contributed by atoms with Crippen LogP contribution in [-0.4, -0.2) is 15.8 Å². The summed E-state index contributed by atoms with van der Waals surface area (Å²) in [7, 11) is 0. The molecule has 0 aliphatic carbocycles. The van der Waals surface area contributed by atoms with Gasteiger partial charge in [-0.05, 0) is 40.8 Å². The third-order valence-corrected chi connectivity index (χ3v) is 3.11. The average molecular weight is 334 g/mol. The molecule has 2 aromatic heterocycles. The molecule has 0 saturated carbocycles. The van der Waals surface area contributed by atoms with Crippen molar-refractivity contribution in [2.45, 2.75) is 0 Å². The Morgan fingerprint density at radius 1 is 1.40 bits per heavy atom. The predicted octanol–water partition coefficient (Wildman–Crippen LogP) is 1.99. The van der Waals surface area contributed by atoms with E-state index in [0.29, 0.717) is 16.5 Å². The van der Waals surface area contributed by atoms with E-state index in [2.05, 4.69) is 27.6 Å². The molecule has 0 aliphatic heterocycles. The first-order valence-electron chi connectivity index (χ1n) is 4.19. The van der Waals surface area contributed by atoms with Gasteiger partial charge in [-0.25, -0.2) is 4.98 Å². The van der Waals surface area contributed by atoms with Crippen LogP contribution in [0.25, 0.3) is 5.82 Å². The number of hydrogen-bond acceptors (Lipinski definition) is 2. The monoisotopic (exact) mass is 333 g/mol. The Balaban J connectivity index is 2.68. The number of nitrogens with zero attached hydrogens (tertiary/aromatic N) is 2. The molecule has 0 aromatic carbocycles. The molecule has 0 unspecified atom stereocenters. The van der Waals surface area contributed by atoms with Crippen LogP contribution in [-0.2, 0) is 0 Å². The zero-order valence-electron chi connectivity index (χ0n) is 7.55. The van der Waals surface area contributed by atoms with E-state index in [9.17, 15) is 4.79 Å². The minimum Gasteiger partial charge on any atom is -0.296 e. The van der Waals surface area contributed by atoms with Crippen molar-refractivity contribution in [2.24, 2.45) is 0 Å². The van der Waals surface area contributed by atoms with Gasteiger partial charge in [0, 0.05) is 12.3 Å². The standard InChI is InChI=1S/C10H7ClIN2O/c11-8-2-1-5-13-10(8)14-7(6-15)3-4-9(14)12/h1-6,11H/q+1. The van der Waals surface area contributed by atoms with Crippen molar-refractivity contribution < 1.29 is 16.4 Å². The number of pyridine rings is 1. The van der Waals surface area contributed by atoms with Crippen LogP contribution >= 0.6 is 22.6 Å². The summed E-state index contributed by atoms with van der Waals surface area (Å²) in [6, 6.07) is 7.18. The van der Waals surface area contributed by atoms with Gasteiger partial charge in [0.2, 0.25) is 5.82 Å². The molecule has 3 nitrogen and oxygen atoms in total. The van der Waals surface area contributed by atoms with Crippen molar-refractivity contribution in [2.75, 3.05) is 0 Å². The van der Waals surface area contributed by atoms with Gasteiger partial charge >= 0.3 is 0 Å². The van der Waals surface area contributed by atoms with Crippen LogP contribution in [0.3, 0.4) is 0 Å². The highest BCUT2D eigenvalue weighted by molar-refractivity contribution is 14.1. The number of carbonyl (C=O) groups excluding carboxylic acids is 1. The van der Waals surface area contributed by atoms with Crippen LogP contribution in [0, 0.1) is 15.3 Å². The van der Waals surface area contributed by atoms with Gasteiger partial charge in [-0.15, -0.1) is 0 Å². The Kier molecular flexibility index (Phi) is 3.06. The van der Waals surface area contributed by atoms with Crippen LogP contribution in [0.1, 0.15) is 10.5 Å². The molecule has 5 heteroatoms. The Labute approximate surface area is 105 Å². The smallest absolute Gasteiger partial charge is 0.268 e. The van der Waals surface area contributed by atoms with E-state index in [1.165, 1.54) is 0 Å². The Morgan fingerprint density at radius 2 is 2.20 bits per heavy atom. The van der Waals surface area contributed by atoms with Crippen LogP contribution in [0.15, 0.2) is 30.5 Å². The van der Waals surface area contributed by atoms with E-state index >= 15 is 0 Å².